The third-order valence-electron chi connectivity index (χ3n) is 5.93. The lowest BCUT2D eigenvalue weighted by Gasteiger charge is -2.21. The van der Waals surface area contributed by atoms with Crippen LogP contribution in [0, 0.1) is 0 Å². The monoisotopic (exact) mass is 399 g/mol. The Balaban J connectivity index is 1.45. The number of rotatable bonds is 5. The molecule has 1 aromatic heterocycles. The van der Waals surface area contributed by atoms with Crippen molar-refractivity contribution in [3.8, 4) is 0 Å². The van der Waals surface area contributed by atoms with Crippen molar-refractivity contribution in [1.29, 1.82) is 0 Å². The predicted molar refractivity (Wildman–Crippen MR) is 110 cm³/mol. The molecule has 2 aliphatic carbocycles. The van der Waals surface area contributed by atoms with Crippen molar-refractivity contribution in [3.05, 3.63) is 62.5 Å². The topological polar surface area (TPSA) is 64.0 Å². The number of nitrogens with zero attached hydrogens (tertiary/aromatic N) is 2. The molecule has 4 rings (SSSR count). The Hall–Kier alpha value is -2.14. The average molecular weight is 400 g/mol. The minimum absolute atomic E-state index is 0.0186. The number of aryl methyl sites for hydroxylation is 2. The minimum atomic E-state index is -0.453. The van der Waals surface area contributed by atoms with Gasteiger partial charge in [0.2, 0.25) is 5.91 Å². The summed E-state index contributed by atoms with van der Waals surface area (Å²) in [7, 11) is 0. The number of carbonyl (C=O) groups is 1. The molecule has 1 N–H and O–H groups in total. The van der Waals surface area contributed by atoms with Crippen LogP contribution < -0.4 is 10.9 Å². The van der Waals surface area contributed by atoms with Crippen LogP contribution in [0.15, 0.2) is 35.1 Å². The summed E-state index contributed by atoms with van der Waals surface area (Å²) in [5, 5.41) is 8.36. The van der Waals surface area contributed by atoms with Gasteiger partial charge in [-0.3, -0.25) is 9.59 Å². The van der Waals surface area contributed by atoms with Crippen LogP contribution in [-0.2, 0) is 29.6 Å². The molecule has 1 heterocycles. The van der Waals surface area contributed by atoms with Crippen molar-refractivity contribution in [2.45, 2.75) is 69.9 Å². The average Bonchev–Trinajstić information content (AvgIpc) is 3.48. The van der Waals surface area contributed by atoms with Gasteiger partial charge in [-0.25, -0.2) is 4.68 Å². The summed E-state index contributed by atoms with van der Waals surface area (Å²) in [4.78, 5) is 25.4. The molecule has 0 unspecified atom stereocenters. The fourth-order valence-corrected chi connectivity index (χ4v) is 4.24. The number of hydrogen-bond acceptors (Lipinski definition) is 3. The fourth-order valence-electron chi connectivity index (χ4n) is 4.12. The Bertz CT molecular complexity index is 932. The van der Waals surface area contributed by atoms with E-state index in [1.54, 1.807) is 6.07 Å². The first-order valence-corrected chi connectivity index (χ1v) is 10.5. The van der Waals surface area contributed by atoms with Crippen LogP contribution in [0.5, 0.6) is 0 Å². The van der Waals surface area contributed by atoms with Gasteiger partial charge in [-0.05, 0) is 68.7 Å². The number of hydrogen-bond donors (Lipinski definition) is 1. The SMILES string of the molecule is C[C@@H](Cn1nc2c(cc1=O)CCCCC2)NC(=O)C1(c2ccc(Cl)cc2)CC1. The van der Waals surface area contributed by atoms with Gasteiger partial charge in [0.1, 0.15) is 0 Å². The summed E-state index contributed by atoms with van der Waals surface area (Å²) in [6.07, 6.45) is 6.97. The highest BCUT2D eigenvalue weighted by molar-refractivity contribution is 6.30. The number of carbonyl (C=O) groups excluding carboxylic acids is 1. The first-order chi connectivity index (χ1) is 13.5. The molecule has 148 valence electrons. The molecule has 1 amide bonds. The van der Waals surface area contributed by atoms with Gasteiger partial charge in [0, 0.05) is 17.1 Å². The highest BCUT2D eigenvalue weighted by atomic mass is 35.5. The number of benzene rings is 1. The Morgan fingerprint density at radius 2 is 1.93 bits per heavy atom. The van der Waals surface area contributed by atoms with Gasteiger partial charge in [0.05, 0.1) is 17.7 Å². The molecule has 0 saturated heterocycles. The number of amides is 1. The van der Waals surface area contributed by atoms with Gasteiger partial charge in [0.25, 0.3) is 5.56 Å². The molecule has 2 aliphatic rings. The van der Waals surface area contributed by atoms with E-state index in [1.165, 1.54) is 11.1 Å². The third kappa shape index (κ3) is 3.86. The molecule has 6 heteroatoms. The Kier molecular flexibility index (Phi) is 5.28. The normalized spacial score (nSPS) is 18.6. The molecule has 1 saturated carbocycles. The summed E-state index contributed by atoms with van der Waals surface area (Å²) in [5.74, 6) is 0.0186. The van der Waals surface area contributed by atoms with Crippen LogP contribution in [0.25, 0.3) is 0 Å². The minimum Gasteiger partial charge on any atom is -0.351 e. The van der Waals surface area contributed by atoms with Crippen molar-refractivity contribution in [2.75, 3.05) is 0 Å². The largest absolute Gasteiger partial charge is 0.351 e. The van der Waals surface area contributed by atoms with Crippen LogP contribution in [0.4, 0.5) is 0 Å². The molecule has 1 aromatic carbocycles. The summed E-state index contributed by atoms with van der Waals surface area (Å²) in [6.45, 7) is 2.31. The molecule has 0 radical (unpaired) electrons. The number of aromatic nitrogens is 2. The van der Waals surface area contributed by atoms with Gasteiger partial charge in [-0.1, -0.05) is 30.2 Å². The molecular weight excluding hydrogens is 374 g/mol. The van der Waals surface area contributed by atoms with Crippen LogP contribution in [0.3, 0.4) is 0 Å². The quantitative estimate of drug-likeness (QED) is 0.783. The van der Waals surface area contributed by atoms with Crippen molar-refractivity contribution >= 4 is 17.5 Å². The van der Waals surface area contributed by atoms with Crippen molar-refractivity contribution in [2.24, 2.45) is 0 Å². The first kappa shape index (κ1) is 19.2. The second kappa shape index (κ2) is 7.70. The van der Waals surface area contributed by atoms with E-state index in [0.29, 0.717) is 11.6 Å². The summed E-state index contributed by atoms with van der Waals surface area (Å²) >= 11 is 5.97. The zero-order valence-corrected chi connectivity index (χ0v) is 17.0. The van der Waals surface area contributed by atoms with Crippen LogP contribution >= 0.6 is 11.6 Å². The van der Waals surface area contributed by atoms with E-state index in [4.69, 9.17) is 11.6 Å². The molecular formula is C22H26ClN3O2. The predicted octanol–water partition coefficient (Wildman–Crippen LogP) is 3.40. The summed E-state index contributed by atoms with van der Waals surface area (Å²) in [5.41, 5.74) is 2.60. The third-order valence-corrected chi connectivity index (χ3v) is 6.18. The zero-order chi connectivity index (χ0) is 19.7. The summed E-state index contributed by atoms with van der Waals surface area (Å²) in [6, 6.07) is 9.07. The highest BCUT2D eigenvalue weighted by Crippen LogP contribution is 2.48. The lowest BCUT2D eigenvalue weighted by molar-refractivity contribution is -0.124. The lowest BCUT2D eigenvalue weighted by atomic mass is 9.95. The number of halogens is 1. The van der Waals surface area contributed by atoms with E-state index in [9.17, 15) is 9.59 Å². The fraction of sp³-hybridized carbons (Fsp3) is 0.500. The Labute approximate surface area is 170 Å². The maximum atomic E-state index is 12.9. The molecule has 2 aromatic rings. The zero-order valence-electron chi connectivity index (χ0n) is 16.2. The molecule has 0 bridgehead atoms. The van der Waals surface area contributed by atoms with E-state index >= 15 is 0 Å². The maximum Gasteiger partial charge on any atom is 0.267 e. The van der Waals surface area contributed by atoms with Crippen LogP contribution in [0.2, 0.25) is 5.02 Å². The van der Waals surface area contributed by atoms with E-state index in [2.05, 4.69) is 10.4 Å². The van der Waals surface area contributed by atoms with E-state index < -0.39 is 5.41 Å². The standard InChI is InChI=1S/C22H26ClN3O2/c1-15(14-26-20(27)13-16-5-3-2-4-6-19(16)25-26)24-21(28)22(11-12-22)17-7-9-18(23)10-8-17/h7-10,13,15H,2-6,11-12,14H2,1H3,(H,24,28)/t15-/m0/s1. The van der Waals surface area contributed by atoms with Gasteiger partial charge < -0.3 is 5.32 Å². The Morgan fingerprint density at radius 3 is 2.64 bits per heavy atom. The van der Waals surface area contributed by atoms with Gasteiger partial charge >= 0.3 is 0 Å². The van der Waals surface area contributed by atoms with Crippen molar-refractivity contribution in [3.63, 3.8) is 0 Å². The highest BCUT2D eigenvalue weighted by Gasteiger charge is 2.51. The van der Waals surface area contributed by atoms with E-state index in [0.717, 1.165) is 55.3 Å². The van der Waals surface area contributed by atoms with Crippen molar-refractivity contribution in [1.82, 2.24) is 15.1 Å². The molecule has 28 heavy (non-hydrogen) atoms. The molecule has 5 nitrogen and oxygen atoms in total. The van der Waals surface area contributed by atoms with Crippen molar-refractivity contribution < 1.29 is 4.79 Å². The lowest BCUT2D eigenvalue weighted by Crippen LogP contribution is -2.43. The maximum absolute atomic E-state index is 12.9. The molecule has 1 atom stereocenters. The number of nitrogens with one attached hydrogen (secondary N) is 1. The second-order valence-electron chi connectivity index (χ2n) is 8.16. The summed E-state index contributed by atoms with van der Waals surface area (Å²) < 4.78 is 1.51. The first-order valence-electron chi connectivity index (χ1n) is 10.1. The van der Waals surface area contributed by atoms with Gasteiger partial charge in [-0.15, -0.1) is 0 Å². The Morgan fingerprint density at radius 1 is 1.21 bits per heavy atom. The van der Waals surface area contributed by atoms with Gasteiger partial charge in [-0.2, -0.15) is 5.10 Å². The van der Waals surface area contributed by atoms with Gasteiger partial charge in [0.15, 0.2) is 0 Å². The number of fused-ring (bicyclic) bond motifs is 1. The van der Waals surface area contributed by atoms with Crippen LogP contribution in [0.1, 0.15) is 55.8 Å². The van der Waals surface area contributed by atoms with Crippen LogP contribution in [-0.4, -0.2) is 21.7 Å². The van der Waals surface area contributed by atoms with E-state index in [1.807, 2.05) is 31.2 Å². The second-order valence-corrected chi connectivity index (χ2v) is 8.60. The molecule has 0 aliphatic heterocycles. The molecule has 1 fully saturated rings. The molecule has 0 spiro atoms. The van der Waals surface area contributed by atoms with E-state index in [-0.39, 0.29) is 17.5 Å². The smallest absolute Gasteiger partial charge is 0.267 e.